The van der Waals surface area contributed by atoms with Gasteiger partial charge in [0.2, 0.25) is 0 Å². The lowest BCUT2D eigenvalue weighted by Gasteiger charge is -2.31. The Morgan fingerprint density at radius 2 is 1.88 bits per heavy atom. The summed E-state index contributed by atoms with van der Waals surface area (Å²) in [6.07, 6.45) is 4.72. The number of carboxylic acid groups (broad SMARTS) is 1. The molecule has 1 fully saturated rings. The monoisotopic (exact) mass is 265 g/mol. The standard InChI is InChI=1S/C8H15NO2.C3H5ClO2/c9-6-8(7(10)11)4-2-1-3-5-8;1-2-6-3(4)5/h1-6,9H2,(H,10,11);2H2,1H3. The third-order valence-electron chi connectivity index (χ3n) is 2.91. The Morgan fingerprint density at radius 3 is 2.06 bits per heavy atom. The van der Waals surface area contributed by atoms with Gasteiger partial charge in [-0.1, -0.05) is 19.3 Å². The molecule has 3 N–H and O–H groups in total. The zero-order chi connectivity index (χ0) is 13.3. The van der Waals surface area contributed by atoms with E-state index in [1.807, 2.05) is 0 Å². The molecule has 1 rings (SSSR count). The van der Waals surface area contributed by atoms with Gasteiger partial charge in [0.05, 0.1) is 12.0 Å². The zero-order valence-corrected chi connectivity index (χ0v) is 10.8. The molecule has 0 atom stereocenters. The number of rotatable bonds is 3. The van der Waals surface area contributed by atoms with Gasteiger partial charge >= 0.3 is 11.4 Å². The van der Waals surface area contributed by atoms with E-state index in [1.54, 1.807) is 6.92 Å². The Morgan fingerprint density at radius 1 is 1.35 bits per heavy atom. The van der Waals surface area contributed by atoms with Gasteiger partial charge in [-0.05, 0) is 19.8 Å². The van der Waals surface area contributed by atoms with Gasteiger partial charge in [0.15, 0.2) is 0 Å². The summed E-state index contributed by atoms with van der Waals surface area (Å²) in [5.74, 6) is -0.709. The molecule has 17 heavy (non-hydrogen) atoms. The number of aliphatic carboxylic acids is 1. The second-order valence-corrected chi connectivity index (χ2v) is 4.33. The molecule has 0 spiro atoms. The molecule has 0 aromatic carbocycles. The van der Waals surface area contributed by atoms with Crippen molar-refractivity contribution in [2.45, 2.75) is 39.0 Å². The zero-order valence-electron chi connectivity index (χ0n) is 10.1. The molecule has 0 unspecified atom stereocenters. The highest BCUT2D eigenvalue weighted by Gasteiger charge is 2.37. The summed E-state index contributed by atoms with van der Waals surface area (Å²) < 4.78 is 4.17. The topological polar surface area (TPSA) is 89.6 Å². The second-order valence-electron chi connectivity index (χ2n) is 4.02. The average Bonchev–Trinajstić information content (AvgIpc) is 2.30. The highest BCUT2D eigenvalue weighted by Crippen LogP contribution is 2.35. The molecule has 0 heterocycles. The number of carbonyl (C=O) groups is 2. The lowest BCUT2D eigenvalue weighted by molar-refractivity contribution is -0.150. The summed E-state index contributed by atoms with van der Waals surface area (Å²) >= 11 is 4.72. The summed E-state index contributed by atoms with van der Waals surface area (Å²) in [7, 11) is 0. The van der Waals surface area contributed by atoms with Crippen LogP contribution < -0.4 is 5.73 Å². The fourth-order valence-electron chi connectivity index (χ4n) is 1.85. The molecule has 1 aliphatic rings. The van der Waals surface area contributed by atoms with E-state index in [0.717, 1.165) is 32.1 Å². The first-order chi connectivity index (χ1) is 7.98. The van der Waals surface area contributed by atoms with Crippen molar-refractivity contribution in [3.63, 3.8) is 0 Å². The summed E-state index contributed by atoms with van der Waals surface area (Å²) in [5, 5.41) is 8.91. The van der Waals surface area contributed by atoms with E-state index in [1.165, 1.54) is 0 Å². The third-order valence-corrected chi connectivity index (χ3v) is 3.02. The Labute approximate surface area is 106 Å². The molecule has 0 radical (unpaired) electrons. The molecular weight excluding hydrogens is 246 g/mol. The normalized spacial score (nSPS) is 17.6. The van der Waals surface area contributed by atoms with E-state index in [4.69, 9.17) is 22.4 Å². The van der Waals surface area contributed by atoms with Crippen LogP contribution in [0.1, 0.15) is 39.0 Å². The second kappa shape index (κ2) is 8.31. The van der Waals surface area contributed by atoms with Crippen LogP contribution in [-0.4, -0.2) is 29.7 Å². The Bertz CT molecular complexity index is 252. The molecule has 100 valence electrons. The number of carboxylic acids is 1. The molecule has 6 heteroatoms. The van der Waals surface area contributed by atoms with Crippen LogP contribution in [0.5, 0.6) is 0 Å². The Balaban J connectivity index is 0.000000366. The number of nitrogens with two attached hydrogens (primary N) is 1. The molecule has 5 nitrogen and oxygen atoms in total. The quantitative estimate of drug-likeness (QED) is 0.765. The number of carbonyl (C=O) groups excluding carboxylic acids is 1. The highest BCUT2D eigenvalue weighted by molar-refractivity contribution is 6.61. The van der Waals surface area contributed by atoms with Gasteiger partial charge in [-0.2, -0.15) is 0 Å². The van der Waals surface area contributed by atoms with Gasteiger partial charge in [0.1, 0.15) is 0 Å². The van der Waals surface area contributed by atoms with Crippen molar-refractivity contribution in [2.24, 2.45) is 11.1 Å². The predicted molar refractivity (Wildman–Crippen MR) is 65.1 cm³/mol. The van der Waals surface area contributed by atoms with E-state index >= 15 is 0 Å². The van der Waals surface area contributed by atoms with E-state index in [2.05, 4.69) is 4.74 Å². The predicted octanol–water partition coefficient (Wildman–Crippen LogP) is 2.36. The van der Waals surface area contributed by atoms with Crippen LogP contribution in [0.2, 0.25) is 0 Å². The van der Waals surface area contributed by atoms with Gasteiger partial charge in [0.25, 0.3) is 0 Å². The molecule has 0 saturated heterocycles. The van der Waals surface area contributed by atoms with E-state index in [-0.39, 0.29) is 0 Å². The van der Waals surface area contributed by atoms with Crippen molar-refractivity contribution >= 4 is 23.0 Å². The molecule has 1 aliphatic carbocycles. The number of hydrogen-bond acceptors (Lipinski definition) is 4. The van der Waals surface area contributed by atoms with Crippen molar-refractivity contribution in [1.82, 2.24) is 0 Å². The minimum atomic E-state index is -0.738. The van der Waals surface area contributed by atoms with Gasteiger partial charge < -0.3 is 15.6 Å². The summed E-state index contributed by atoms with van der Waals surface area (Å²) in [5.41, 5.74) is 4.13. The fraction of sp³-hybridized carbons (Fsp3) is 0.818. The van der Waals surface area contributed by atoms with Crippen molar-refractivity contribution in [3.05, 3.63) is 0 Å². The smallest absolute Gasteiger partial charge is 0.403 e. The largest absolute Gasteiger partial charge is 0.481 e. The number of hydrogen-bond donors (Lipinski definition) is 2. The van der Waals surface area contributed by atoms with Crippen LogP contribution in [0.3, 0.4) is 0 Å². The molecule has 0 amide bonds. The first-order valence-electron chi connectivity index (χ1n) is 5.74. The van der Waals surface area contributed by atoms with Crippen LogP contribution in [0, 0.1) is 5.41 Å². The lowest BCUT2D eigenvalue weighted by atomic mass is 9.74. The summed E-state index contributed by atoms with van der Waals surface area (Å²) in [6, 6.07) is 0. The molecule has 0 aliphatic heterocycles. The lowest BCUT2D eigenvalue weighted by Crippen LogP contribution is -2.40. The fourth-order valence-corrected chi connectivity index (χ4v) is 1.96. The molecule has 0 bridgehead atoms. The Kier molecular flexibility index (Phi) is 7.91. The summed E-state index contributed by atoms with van der Waals surface area (Å²) in [4.78, 5) is 20.4. The van der Waals surface area contributed by atoms with Crippen LogP contribution in [0.4, 0.5) is 4.79 Å². The molecule has 0 aromatic rings. The van der Waals surface area contributed by atoms with Crippen LogP contribution in [0.25, 0.3) is 0 Å². The first-order valence-corrected chi connectivity index (χ1v) is 6.12. The van der Waals surface area contributed by atoms with Gasteiger partial charge in [0, 0.05) is 18.1 Å². The molecule has 1 saturated carbocycles. The van der Waals surface area contributed by atoms with Gasteiger partial charge in [-0.25, -0.2) is 4.79 Å². The SMILES string of the molecule is CCOC(=O)Cl.NCC1(C(=O)O)CCCCC1. The maximum absolute atomic E-state index is 10.8. The van der Waals surface area contributed by atoms with Crippen molar-refractivity contribution in [1.29, 1.82) is 0 Å². The maximum atomic E-state index is 10.8. The third kappa shape index (κ3) is 5.89. The first kappa shape index (κ1) is 16.2. The van der Waals surface area contributed by atoms with Crippen molar-refractivity contribution in [3.8, 4) is 0 Å². The van der Waals surface area contributed by atoms with Gasteiger partial charge in [-0.3, -0.25) is 4.79 Å². The van der Waals surface area contributed by atoms with Gasteiger partial charge in [-0.15, -0.1) is 0 Å². The molecular formula is C11H20ClNO4. The minimum absolute atomic E-state index is 0.294. The summed E-state index contributed by atoms with van der Waals surface area (Å²) in [6.45, 7) is 2.34. The minimum Gasteiger partial charge on any atom is -0.481 e. The number of halogens is 1. The van der Waals surface area contributed by atoms with E-state index in [0.29, 0.717) is 13.2 Å². The Hall–Kier alpha value is -0.810. The maximum Gasteiger partial charge on any atom is 0.403 e. The van der Waals surface area contributed by atoms with Crippen molar-refractivity contribution < 1.29 is 19.4 Å². The highest BCUT2D eigenvalue weighted by atomic mass is 35.5. The van der Waals surface area contributed by atoms with E-state index in [9.17, 15) is 9.59 Å². The van der Waals surface area contributed by atoms with Crippen LogP contribution in [-0.2, 0) is 9.53 Å². The molecule has 0 aromatic heterocycles. The van der Waals surface area contributed by atoms with E-state index < -0.39 is 16.8 Å². The van der Waals surface area contributed by atoms with Crippen LogP contribution in [0.15, 0.2) is 0 Å². The van der Waals surface area contributed by atoms with Crippen LogP contribution >= 0.6 is 11.6 Å². The average molecular weight is 266 g/mol. The van der Waals surface area contributed by atoms with Crippen molar-refractivity contribution in [2.75, 3.05) is 13.2 Å². The number of ether oxygens (including phenoxy) is 1.